The van der Waals surface area contributed by atoms with Gasteiger partial charge in [0.25, 0.3) is 0 Å². The predicted molar refractivity (Wildman–Crippen MR) is 91.7 cm³/mol. The van der Waals surface area contributed by atoms with Gasteiger partial charge in [-0.2, -0.15) is 0 Å². The predicted octanol–water partition coefficient (Wildman–Crippen LogP) is 4.01. The van der Waals surface area contributed by atoms with E-state index in [0.717, 1.165) is 24.3 Å². The lowest BCUT2D eigenvalue weighted by Crippen LogP contribution is -2.46. The van der Waals surface area contributed by atoms with E-state index in [9.17, 15) is 4.79 Å². The Morgan fingerprint density at radius 2 is 2.00 bits per heavy atom. The van der Waals surface area contributed by atoms with E-state index in [2.05, 4.69) is 6.07 Å². The summed E-state index contributed by atoms with van der Waals surface area (Å²) in [4.78, 5) is 14.0. The number of fused-ring (bicyclic) bond motifs is 2. The van der Waals surface area contributed by atoms with Gasteiger partial charge in [-0.05, 0) is 63.3 Å². The van der Waals surface area contributed by atoms with E-state index in [1.54, 1.807) is 0 Å². The number of likely N-dealkylation sites (tertiary alicyclic amines) is 1. The first kappa shape index (κ1) is 16.6. The molecule has 1 heterocycles. The van der Waals surface area contributed by atoms with Gasteiger partial charge in [-0.3, -0.25) is 0 Å². The number of hydrogen-bond acceptors (Lipinski definition) is 3. The Morgan fingerprint density at radius 3 is 2.61 bits per heavy atom. The normalized spacial score (nSPS) is 23.0. The van der Waals surface area contributed by atoms with Crippen molar-refractivity contribution in [2.75, 3.05) is 13.1 Å². The molecule has 1 saturated heterocycles. The number of carbonyl (C=O) groups excluding carboxylic acids is 1. The highest BCUT2D eigenvalue weighted by Crippen LogP contribution is 2.50. The second-order valence-electron chi connectivity index (χ2n) is 7.79. The van der Waals surface area contributed by atoms with Gasteiger partial charge in [0.2, 0.25) is 0 Å². The van der Waals surface area contributed by atoms with Crippen LogP contribution in [0.1, 0.15) is 57.2 Å². The minimum absolute atomic E-state index is 0.0387. The third-order valence-electron chi connectivity index (χ3n) is 4.97. The van der Waals surface area contributed by atoms with Crippen LogP contribution in [-0.4, -0.2) is 29.7 Å². The Hall–Kier alpha value is -1.26. The molecule has 2 N–H and O–H groups in total. The highest BCUT2D eigenvalue weighted by atomic mass is 35.5. The van der Waals surface area contributed by atoms with Gasteiger partial charge in [-0.15, -0.1) is 0 Å². The molecular formula is C18H25ClN2O2. The fourth-order valence-electron chi connectivity index (χ4n) is 3.88. The van der Waals surface area contributed by atoms with E-state index < -0.39 is 5.60 Å². The number of hydrogen-bond donors (Lipinski definition) is 1. The number of rotatable bonds is 0. The molecular weight excluding hydrogens is 312 g/mol. The van der Waals surface area contributed by atoms with Gasteiger partial charge >= 0.3 is 6.09 Å². The van der Waals surface area contributed by atoms with Gasteiger partial charge in [0, 0.05) is 29.6 Å². The molecule has 1 spiro atoms. The molecule has 0 saturated carbocycles. The van der Waals surface area contributed by atoms with E-state index in [1.807, 2.05) is 37.8 Å². The number of nitrogens with zero attached hydrogens (tertiary/aromatic N) is 1. The molecule has 5 heteroatoms. The van der Waals surface area contributed by atoms with Crippen LogP contribution < -0.4 is 5.73 Å². The van der Waals surface area contributed by atoms with Crippen molar-refractivity contribution in [2.45, 2.75) is 57.1 Å². The lowest BCUT2D eigenvalue weighted by atomic mass is 9.74. The van der Waals surface area contributed by atoms with Gasteiger partial charge in [0.1, 0.15) is 5.60 Å². The molecule has 0 aromatic heterocycles. The number of amides is 1. The summed E-state index contributed by atoms with van der Waals surface area (Å²) in [6.45, 7) is 7.11. The van der Waals surface area contributed by atoms with Crippen LogP contribution in [0.15, 0.2) is 18.2 Å². The molecule has 4 nitrogen and oxygen atoms in total. The molecule has 1 aliphatic heterocycles. The van der Waals surface area contributed by atoms with Gasteiger partial charge in [-0.1, -0.05) is 17.7 Å². The molecule has 2 aliphatic rings. The molecule has 1 amide bonds. The van der Waals surface area contributed by atoms with Crippen LogP contribution in [0, 0.1) is 0 Å². The topological polar surface area (TPSA) is 55.6 Å². The number of halogens is 1. The lowest BCUT2D eigenvalue weighted by molar-refractivity contribution is 0.0162. The van der Waals surface area contributed by atoms with Crippen molar-refractivity contribution < 1.29 is 9.53 Å². The number of piperidine rings is 1. The lowest BCUT2D eigenvalue weighted by Gasteiger charge is -2.40. The summed E-state index contributed by atoms with van der Waals surface area (Å²) in [6, 6.07) is 6.10. The van der Waals surface area contributed by atoms with E-state index in [0.29, 0.717) is 13.1 Å². The van der Waals surface area contributed by atoms with Crippen molar-refractivity contribution in [3.63, 3.8) is 0 Å². The first-order valence-electron chi connectivity index (χ1n) is 8.24. The minimum atomic E-state index is -0.453. The van der Waals surface area contributed by atoms with Crippen molar-refractivity contribution in [1.29, 1.82) is 0 Å². The van der Waals surface area contributed by atoms with Crippen LogP contribution in [0.4, 0.5) is 4.79 Å². The molecule has 0 bridgehead atoms. The molecule has 1 aromatic carbocycles. The summed E-state index contributed by atoms with van der Waals surface area (Å²) >= 11 is 6.12. The fourth-order valence-corrected chi connectivity index (χ4v) is 4.06. The molecule has 1 fully saturated rings. The van der Waals surface area contributed by atoms with Crippen LogP contribution in [0.3, 0.4) is 0 Å². The molecule has 1 atom stereocenters. The van der Waals surface area contributed by atoms with E-state index in [4.69, 9.17) is 22.1 Å². The van der Waals surface area contributed by atoms with Crippen molar-refractivity contribution >= 4 is 17.7 Å². The summed E-state index contributed by atoms with van der Waals surface area (Å²) in [5.74, 6) is 0. The zero-order valence-electron chi connectivity index (χ0n) is 14.1. The summed E-state index contributed by atoms with van der Waals surface area (Å²) in [5.41, 5.74) is 8.45. The van der Waals surface area contributed by atoms with E-state index >= 15 is 0 Å². The Bertz CT molecular complexity index is 616. The average Bonchev–Trinajstić information content (AvgIpc) is 2.70. The van der Waals surface area contributed by atoms with Crippen molar-refractivity contribution in [3.8, 4) is 0 Å². The second-order valence-corrected chi connectivity index (χ2v) is 8.23. The third-order valence-corrected chi connectivity index (χ3v) is 5.20. The summed E-state index contributed by atoms with van der Waals surface area (Å²) in [6.07, 6.45) is 2.57. The van der Waals surface area contributed by atoms with Crippen molar-refractivity contribution in [1.82, 2.24) is 4.90 Å². The molecule has 1 aromatic rings. The number of benzene rings is 1. The molecule has 23 heavy (non-hydrogen) atoms. The van der Waals surface area contributed by atoms with Gasteiger partial charge < -0.3 is 15.4 Å². The Balaban J connectivity index is 1.74. The van der Waals surface area contributed by atoms with Crippen LogP contribution in [0.2, 0.25) is 5.02 Å². The highest BCUT2D eigenvalue weighted by Gasteiger charge is 2.45. The summed E-state index contributed by atoms with van der Waals surface area (Å²) in [7, 11) is 0. The number of nitrogens with two attached hydrogens (primary N) is 1. The first-order chi connectivity index (χ1) is 10.7. The zero-order chi connectivity index (χ0) is 16.8. The Kier molecular flexibility index (Phi) is 4.09. The molecule has 126 valence electrons. The smallest absolute Gasteiger partial charge is 0.410 e. The minimum Gasteiger partial charge on any atom is -0.444 e. The van der Waals surface area contributed by atoms with Crippen LogP contribution in [0.25, 0.3) is 0 Å². The van der Waals surface area contributed by atoms with Crippen molar-refractivity contribution in [2.24, 2.45) is 5.73 Å². The molecule has 0 radical (unpaired) electrons. The Labute approximate surface area is 142 Å². The molecule has 3 rings (SSSR count). The van der Waals surface area contributed by atoms with Crippen LogP contribution in [0.5, 0.6) is 0 Å². The van der Waals surface area contributed by atoms with Gasteiger partial charge in [-0.25, -0.2) is 4.79 Å². The van der Waals surface area contributed by atoms with Crippen LogP contribution >= 0.6 is 11.6 Å². The van der Waals surface area contributed by atoms with Gasteiger partial charge in [0.05, 0.1) is 0 Å². The quantitative estimate of drug-likeness (QED) is 0.778. The molecule has 1 aliphatic carbocycles. The standard InChI is InChI=1S/C18H25ClN2O2/c1-17(2,3)23-16(22)21-8-6-18(7-9-21)11-15(20)13-10-12(19)4-5-14(13)18/h4-5,10,15H,6-9,11,20H2,1-3H3. The maximum Gasteiger partial charge on any atom is 0.410 e. The SMILES string of the molecule is CC(C)(C)OC(=O)N1CCC2(CC1)CC(N)c1cc(Cl)ccc12. The van der Waals surface area contributed by atoms with Gasteiger partial charge in [0.15, 0.2) is 0 Å². The highest BCUT2D eigenvalue weighted by molar-refractivity contribution is 6.30. The van der Waals surface area contributed by atoms with E-state index in [-0.39, 0.29) is 17.6 Å². The maximum atomic E-state index is 12.2. The monoisotopic (exact) mass is 336 g/mol. The number of carbonyl (C=O) groups is 1. The summed E-state index contributed by atoms with van der Waals surface area (Å²) < 4.78 is 5.48. The fraction of sp³-hybridized carbons (Fsp3) is 0.611. The summed E-state index contributed by atoms with van der Waals surface area (Å²) in [5, 5.41) is 0.738. The first-order valence-corrected chi connectivity index (χ1v) is 8.61. The third kappa shape index (κ3) is 3.20. The van der Waals surface area contributed by atoms with Crippen LogP contribution in [-0.2, 0) is 10.2 Å². The second kappa shape index (κ2) is 5.67. The Morgan fingerprint density at radius 1 is 1.35 bits per heavy atom. The largest absolute Gasteiger partial charge is 0.444 e. The zero-order valence-corrected chi connectivity index (χ0v) is 14.8. The van der Waals surface area contributed by atoms with E-state index in [1.165, 1.54) is 11.1 Å². The average molecular weight is 337 g/mol. The molecule has 1 unspecified atom stereocenters. The van der Waals surface area contributed by atoms with Crippen molar-refractivity contribution in [3.05, 3.63) is 34.3 Å². The number of ether oxygens (including phenoxy) is 1. The maximum absolute atomic E-state index is 12.2.